The summed E-state index contributed by atoms with van der Waals surface area (Å²) in [5.74, 6) is 1.53. The molecule has 0 aliphatic rings. The van der Waals surface area contributed by atoms with Gasteiger partial charge < -0.3 is 19.5 Å². The van der Waals surface area contributed by atoms with Gasteiger partial charge in [-0.25, -0.2) is 9.18 Å². The van der Waals surface area contributed by atoms with E-state index in [1.165, 1.54) is 12.1 Å². The largest absolute Gasteiger partial charge is 0.492 e. The number of alkyl carbamates (subject to hydrolysis) is 1. The molecule has 0 fully saturated rings. The summed E-state index contributed by atoms with van der Waals surface area (Å²) in [7, 11) is 0. The Morgan fingerprint density at radius 3 is 2.20 bits per heavy atom. The number of benzene rings is 2. The molecule has 0 saturated carbocycles. The lowest BCUT2D eigenvalue weighted by Gasteiger charge is -2.09. The summed E-state index contributed by atoms with van der Waals surface area (Å²) in [5, 5.41) is 2.62. The molecule has 2 aromatic carbocycles. The third-order valence-corrected chi connectivity index (χ3v) is 3.24. The molecule has 0 aliphatic carbocycles. The molecule has 6 heteroatoms. The van der Waals surface area contributed by atoms with Crippen LogP contribution in [0.2, 0.25) is 0 Å². The highest BCUT2D eigenvalue weighted by Gasteiger charge is 2.02. The SMILES string of the molecule is CCCCOC(=O)NCCOc1ccc(Oc2ccc(F)cc2)cc1. The molecule has 2 aromatic rings. The molecule has 25 heavy (non-hydrogen) atoms. The lowest BCUT2D eigenvalue weighted by atomic mass is 10.3. The van der Waals surface area contributed by atoms with Crippen molar-refractivity contribution < 1.29 is 23.4 Å². The van der Waals surface area contributed by atoms with Crippen LogP contribution in [0.15, 0.2) is 48.5 Å². The Hall–Kier alpha value is -2.76. The van der Waals surface area contributed by atoms with Gasteiger partial charge >= 0.3 is 6.09 Å². The molecule has 134 valence electrons. The molecule has 0 aromatic heterocycles. The van der Waals surface area contributed by atoms with Gasteiger partial charge in [0.25, 0.3) is 0 Å². The van der Waals surface area contributed by atoms with Gasteiger partial charge in [0.15, 0.2) is 0 Å². The molecule has 0 atom stereocenters. The number of carbonyl (C=O) groups excluding carboxylic acids is 1. The van der Waals surface area contributed by atoms with Crippen molar-refractivity contribution in [2.75, 3.05) is 19.8 Å². The molecule has 1 amide bonds. The second kappa shape index (κ2) is 10.2. The van der Waals surface area contributed by atoms with Gasteiger partial charge in [-0.1, -0.05) is 13.3 Å². The van der Waals surface area contributed by atoms with E-state index < -0.39 is 6.09 Å². The lowest BCUT2D eigenvalue weighted by molar-refractivity contribution is 0.142. The van der Waals surface area contributed by atoms with Crippen molar-refractivity contribution in [3.05, 3.63) is 54.3 Å². The molecule has 0 unspecified atom stereocenters. The predicted molar refractivity (Wildman–Crippen MR) is 92.7 cm³/mol. The van der Waals surface area contributed by atoms with Crippen molar-refractivity contribution in [1.29, 1.82) is 0 Å². The van der Waals surface area contributed by atoms with Gasteiger partial charge in [0.05, 0.1) is 13.2 Å². The number of halogens is 1. The first-order valence-corrected chi connectivity index (χ1v) is 8.24. The van der Waals surface area contributed by atoms with Crippen molar-refractivity contribution >= 4 is 6.09 Å². The average Bonchev–Trinajstić information content (AvgIpc) is 2.62. The maximum Gasteiger partial charge on any atom is 0.407 e. The van der Waals surface area contributed by atoms with Crippen molar-refractivity contribution in [2.24, 2.45) is 0 Å². The summed E-state index contributed by atoms with van der Waals surface area (Å²) < 4.78 is 28.9. The molecular formula is C19H22FNO4. The van der Waals surface area contributed by atoms with Gasteiger partial charge in [0.1, 0.15) is 29.7 Å². The van der Waals surface area contributed by atoms with Crippen LogP contribution in [-0.2, 0) is 4.74 Å². The van der Waals surface area contributed by atoms with Crippen LogP contribution < -0.4 is 14.8 Å². The highest BCUT2D eigenvalue weighted by atomic mass is 19.1. The first kappa shape index (κ1) is 18.6. The molecule has 0 aliphatic heterocycles. The molecule has 0 heterocycles. The van der Waals surface area contributed by atoms with E-state index in [-0.39, 0.29) is 5.82 Å². The highest BCUT2D eigenvalue weighted by Crippen LogP contribution is 2.23. The van der Waals surface area contributed by atoms with E-state index >= 15 is 0 Å². The van der Waals surface area contributed by atoms with Crippen molar-refractivity contribution in [3.63, 3.8) is 0 Å². The van der Waals surface area contributed by atoms with Crippen molar-refractivity contribution in [2.45, 2.75) is 19.8 Å². The molecule has 5 nitrogen and oxygen atoms in total. The molecule has 0 bridgehead atoms. The number of carbonyl (C=O) groups is 1. The smallest absolute Gasteiger partial charge is 0.407 e. The van der Waals surface area contributed by atoms with E-state index in [2.05, 4.69) is 5.32 Å². The van der Waals surface area contributed by atoms with Crippen LogP contribution in [0.4, 0.5) is 9.18 Å². The monoisotopic (exact) mass is 347 g/mol. The summed E-state index contributed by atoms with van der Waals surface area (Å²) in [6, 6.07) is 12.8. The zero-order valence-electron chi connectivity index (χ0n) is 14.2. The molecule has 0 spiro atoms. The first-order chi connectivity index (χ1) is 12.2. The van der Waals surface area contributed by atoms with E-state index in [9.17, 15) is 9.18 Å². The third kappa shape index (κ3) is 7.12. The Bertz CT molecular complexity index is 643. The molecule has 0 radical (unpaired) electrons. The van der Waals surface area contributed by atoms with E-state index in [1.807, 2.05) is 6.92 Å². The first-order valence-electron chi connectivity index (χ1n) is 8.24. The number of hydrogen-bond donors (Lipinski definition) is 1. The van der Waals surface area contributed by atoms with Gasteiger partial charge in [0, 0.05) is 0 Å². The van der Waals surface area contributed by atoms with Crippen LogP contribution in [0.25, 0.3) is 0 Å². The number of nitrogens with one attached hydrogen (secondary N) is 1. The fourth-order valence-electron chi connectivity index (χ4n) is 1.92. The Balaban J connectivity index is 1.68. The van der Waals surface area contributed by atoms with Crippen LogP contribution in [0.1, 0.15) is 19.8 Å². The number of ether oxygens (including phenoxy) is 3. The summed E-state index contributed by atoms with van der Waals surface area (Å²) >= 11 is 0. The van der Waals surface area contributed by atoms with E-state index in [4.69, 9.17) is 14.2 Å². The van der Waals surface area contributed by atoms with Gasteiger partial charge in [-0.3, -0.25) is 0 Å². The minimum absolute atomic E-state index is 0.307. The summed E-state index contributed by atoms with van der Waals surface area (Å²) in [4.78, 5) is 11.3. The van der Waals surface area contributed by atoms with Gasteiger partial charge in [-0.2, -0.15) is 0 Å². The Kier molecular flexibility index (Phi) is 7.56. The van der Waals surface area contributed by atoms with E-state index in [0.717, 1.165) is 12.8 Å². The lowest BCUT2D eigenvalue weighted by Crippen LogP contribution is -2.28. The van der Waals surface area contributed by atoms with Gasteiger partial charge in [0.2, 0.25) is 0 Å². The second-order valence-corrected chi connectivity index (χ2v) is 5.29. The quantitative estimate of drug-likeness (QED) is 0.678. The minimum atomic E-state index is -0.430. The Labute approximate surface area is 146 Å². The van der Waals surface area contributed by atoms with Crippen LogP contribution in [0.5, 0.6) is 17.2 Å². The Morgan fingerprint density at radius 1 is 0.960 bits per heavy atom. The fraction of sp³-hybridized carbons (Fsp3) is 0.316. The minimum Gasteiger partial charge on any atom is -0.492 e. The van der Waals surface area contributed by atoms with Crippen LogP contribution in [0, 0.1) is 5.82 Å². The van der Waals surface area contributed by atoms with Crippen molar-refractivity contribution in [1.82, 2.24) is 5.32 Å². The van der Waals surface area contributed by atoms with Gasteiger partial charge in [-0.05, 0) is 55.0 Å². The van der Waals surface area contributed by atoms with Crippen LogP contribution in [0.3, 0.4) is 0 Å². The Morgan fingerprint density at radius 2 is 1.56 bits per heavy atom. The normalized spacial score (nSPS) is 10.2. The van der Waals surface area contributed by atoms with Gasteiger partial charge in [-0.15, -0.1) is 0 Å². The average molecular weight is 347 g/mol. The maximum absolute atomic E-state index is 12.8. The third-order valence-electron chi connectivity index (χ3n) is 3.24. The fourth-order valence-corrected chi connectivity index (χ4v) is 1.92. The van der Waals surface area contributed by atoms with E-state index in [1.54, 1.807) is 36.4 Å². The number of amides is 1. The zero-order valence-corrected chi connectivity index (χ0v) is 14.2. The molecule has 2 rings (SSSR count). The van der Waals surface area contributed by atoms with E-state index in [0.29, 0.717) is 37.0 Å². The maximum atomic E-state index is 12.8. The highest BCUT2D eigenvalue weighted by molar-refractivity contribution is 5.67. The molecule has 1 N–H and O–H groups in total. The zero-order chi connectivity index (χ0) is 17.9. The number of hydrogen-bond acceptors (Lipinski definition) is 4. The van der Waals surface area contributed by atoms with Crippen LogP contribution >= 0.6 is 0 Å². The summed E-state index contributed by atoms with van der Waals surface area (Å²) in [6.45, 7) is 3.16. The van der Waals surface area contributed by atoms with Crippen molar-refractivity contribution in [3.8, 4) is 17.2 Å². The summed E-state index contributed by atoms with van der Waals surface area (Å²) in [5.41, 5.74) is 0. The number of rotatable bonds is 9. The standard InChI is InChI=1S/C19H22FNO4/c1-2-3-13-24-19(22)21-12-14-23-16-8-10-18(11-9-16)25-17-6-4-15(20)5-7-17/h4-11H,2-3,12-14H2,1H3,(H,21,22). The molecule has 0 saturated heterocycles. The molecular weight excluding hydrogens is 325 g/mol. The van der Waals surface area contributed by atoms with Crippen LogP contribution in [-0.4, -0.2) is 25.9 Å². The summed E-state index contributed by atoms with van der Waals surface area (Å²) in [6.07, 6.45) is 1.41. The predicted octanol–water partition coefficient (Wildman–Crippen LogP) is 4.52. The topological polar surface area (TPSA) is 56.8 Å². The second-order valence-electron chi connectivity index (χ2n) is 5.29. The number of unbranched alkanes of at least 4 members (excludes halogenated alkanes) is 1.